The van der Waals surface area contributed by atoms with Gasteiger partial charge in [0.1, 0.15) is 17.6 Å². The zero-order valence-electron chi connectivity index (χ0n) is 18.7. The third-order valence-corrected chi connectivity index (χ3v) is 5.70. The van der Waals surface area contributed by atoms with Gasteiger partial charge in [0.25, 0.3) is 11.8 Å². The molecule has 0 saturated carbocycles. The fourth-order valence-electron chi connectivity index (χ4n) is 3.50. The highest BCUT2D eigenvalue weighted by atomic mass is 35.5. The number of imide groups is 1. The lowest BCUT2D eigenvalue weighted by molar-refractivity contribution is -0.114. The SMILES string of the molecule is N#CC(=NNc1cc(Cl)c(Oc2ccc3c(c2)CCN(c2ccccn2)C3=O)c(Cl)c1)C(=O)NC(=O)O. The summed E-state index contributed by atoms with van der Waals surface area (Å²) in [5.74, 6) is -0.225. The summed E-state index contributed by atoms with van der Waals surface area (Å²) in [7, 11) is 0. The quantitative estimate of drug-likeness (QED) is 0.306. The smallest absolute Gasteiger partial charge is 0.411 e. The van der Waals surface area contributed by atoms with Crippen LogP contribution in [0.3, 0.4) is 0 Å². The molecule has 1 aliphatic heterocycles. The fourth-order valence-corrected chi connectivity index (χ4v) is 4.07. The molecule has 0 unspecified atom stereocenters. The molecule has 2 heterocycles. The van der Waals surface area contributed by atoms with Gasteiger partial charge in [-0.15, -0.1) is 0 Å². The van der Waals surface area contributed by atoms with Crippen LogP contribution in [0, 0.1) is 11.3 Å². The zero-order chi connectivity index (χ0) is 26.5. The van der Waals surface area contributed by atoms with Crippen LogP contribution in [-0.4, -0.2) is 40.3 Å². The lowest BCUT2D eigenvalue weighted by atomic mass is 9.98. The summed E-state index contributed by atoms with van der Waals surface area (Å²) >= 11 is 12.7. The van der Waals surface area contributed by atoms with Crippen LogP contribution in [0.5, 0.6) is 11.5 Å². The summed E-state index contributed by atoms with van der Waals surface area (Å²) in [5, 5.41) is 22.9. The van der Waals surface area contributed by atoms with Gasteiger partial charge in [-0.05, 0) is 54.4 Å². The van der Waals surface area contributed by atoms with E-state index in [1.807, 2.05) is 6.07 Å². The Balaban J connectivity index is 1.50. The number of carbonyl (C=O) groups is 3. The van der Waals surface area contributed by atoms with Crippen molar-refractivity contribution in [2.75, 3.05) is 16.9 Å². The third-order valence-electron chi connectivity index (χ3n) is 5.14. The second-order valence-corrected chi connectivity index (χ2v) is 8.34. The molecule has 0 atom stereocenters. The molecule has 3 N–H and O–H groups in total. The number of anilines is 2. The highest BCUT2D eigenvalue weighted by molar-refractivity contribution is 6.46. The van der Waals surface area contributed by atoms with Gasteiger partial charge in [-0.25, -0.2) is 9.78 Å². The van der Waals surface area contributed by atoms with Crippen molar-refractivity contribution in [3.8, 4) is 17.6 Å². The van der Waals surface area contributed by atoms with Crippen molar-refractivity contribution in [3.63, 3.8) is 0 Å². The van der Waals surface area contributed by atoms with Gasteiger partial charge in [0, 0.05) is 18.3 Å². The number of nitrogens with zero attached hydrogens (tertiary/aromatic N) is 4. The highest BCUT2D eigenvalue weighted by Gasteiger charge is 2.26. The van der Waals surface area contributed by atoms with E-state index in [1.165, 1.54) is 23.5 Å². The van der Waals surface area contributed by atoms with Crippen molar-refractivity contribution in [1.82, 2.24) is 10.3 Å². The number of fused-ring (bicyclic) bond motifs is 1. The average Bonchev–Trinajstić information content (AvgIpc) is 2.87. The minimum atomic E-state index is -1.63. The van der Waals surface area contributed by atoms with Gasteiger partial charge in [0.15, 0.2) is 5.75 Å². The predicted octanol–water partition coefficient (Wildman–Crippen LogP) is 4.47. The summed E-state index contributed by atoms with van der Waals surface area (Å²) in [6.45, 7) is 0.462. The molecule has 0 spiro atoms. The summed E-state index contributed by atoms with van der Waals surface area (Å²) < 4.78 is 5.89. The van der Waals surface area contributed by atoms with Gasteiger partial charge < -0.3 is 9.84 Å². The number of hydrazone groups is 1. The maximum absolute atomic E-state index is 13.0. The van der Waals surface area contributed by atoms with Gasteiger partial charge >= 0.3 is 6.09 Å². The number of amides is 3. The number of carboxylic acid groups (broad SMARTS) is 1. The maximum atomic E-state index is 13.0. The summed E-state index contributed by atoms with van der Waals surface area (Å²) in [6, 6.07) is 14.7. The molecule has 0 radical (unpaired) electrons. The van der Waals surface area contributed by atoms with Crippen LogP contribution in [0.15, 0.2) is 59.8 Å². The number of benzene rings is 2. The number of pyridine rings is 1. The lowest BCUT2D eigenvalue weighted by Crippen LogP contribution is -2.38. The average molecular weight is 539 g/mol. The summed E-state index contributed by atoms with van der Waals surface area (Å²) in [6.07, 6.45) is 0.597. The Kier molecular flexibility index (Phi) is 7.52. The monoisotopic (exact) mass is 538 g/mol. The molecule has 0 saturated heterocycles. The first-order valence-corrected chi connectivity index (χ1v) is 11.3. The van der Waals surface area contributed by atoms with Crippen LogP contribution in [-0.2, 0) is 11.2 Å². The maximum Gasteiger partial charge on any atom is 0.411 e. The van der Waals surface area contributed by atoms with Crippen molar-refractivity contribution in [2.45, 2.75) is 6.42 Å². The molecule has 37 heavy (non-hydrogen) atoms. The molecule has 4 rings (SSSR count). The number of aromatic nitrogens is 1. The van der Waals surface area contributed by atoms with E-state index < -0.39 is 17.7 Å². The highest BCUT2D eigenvalue weighted by Crippen LogP contribution is 2.39. The third kappa shape index (κ3) is 5.78. The van der Waals surface area contributed by atoms with E-state index in [-0.39, 0.29) is 27.4 Å². The normalized spacial score (nSPS) is 12.8. The van der Waals surface area contributed by atoms with E-state index in [4.69, 9.17) is 38.3 Å². The number of carbonyl (C=O) groups excluding carboxylic acids is 2. The van der Waals surface area contributed by atoms with E-state index in [9.17, 15) is 14.4 Å². The number of nitrogens with one attached hydrogen (secondary N) is 2. The first kappa shape index (κ1) is 25.4. The Labute approximate surface area is 219 Å². The Morgan fingerprint density at radius 2 is 1.92 bits per heavy atom. The van der Waals surface area contributed by atoms with Crippen LogP contribution < -0.4 is 20.4 Å². The number of hydrogen-bond acceptors (Lipinski definition) is 8. The molecular formula is C24H16Cl2N6O5. The van der Waals surface area contributed by atoms with Gasteiger partial charge in [-0.1, -0.05) is 29.3 Å². The van der Waals surface area contributed by atoms with Crippen molar-refractivity contribution in [1.29, 1.82) is 5.26 Å². The van der Waals surface area contributed by atoms with E-state index in [2.05, 4.69) is 15.5 Å². The zero-order valence-corrected chi connectivity index (χ0v) is 20.2. The first-order valence-electron chi connectivity index (χ1n) is 10.6. The first-order chi connectivity index (χ1) is 17.8. The molecule has 2 aromatic carbocycles. The predicted molar refractivity (Wildman–Crippen MR) is 135 cm³/mol. The van der Waals surface area contributed by atoms with Crippen molar-refractivity contribution in [2.24, 2.45) is 5.10 Å². The molecule has 13 heteroatoms. The molecular weight excluding hydrogens is 523 g/mol. The summed E-state index contributed by atoms with van der Waals surface area (Å²) in [4.78, 5) is 41.0. The largest absolute Gasteiger partial charge is 0.465 e. The van der Waals surface area contributed by atoms with E-state index >= 15 is 0 Å². The molecule has 11 nitrogen and oxygen atoms in total. The van der Waals surface area contributed by atoms with Gasteiger partial charge in [-0.3, -0.25) is 25.2 Å². The molecule has 1 aliphatic rings. The van der Waals surface area contributed by atoms with Crippen LogP contribution in [0.1, 0.15) is 15.9 Å². The number of hydrogen-bond donors (Lipinski definition) is 3. The van der Waals surface area contributed by atoms with Crippen LogP contribution in [0.4, 0.5) is 16.3 Å². The van der Waals surface area contributed by atoms with E-state index in [1.54, 1.807) is 41.4 Å². The second-order valence-electron chi connectivity index (χ2n) is 7.53. The van der Waals surface area contributed by atoms with Crippen molar-refractivity contribution >= 4 is 58.3 Å². The Morgan fingerprint density at radius 1 is 1.16 bits per heavy atom. The Bertz CT molecular complexity index is 1450. The number of nitriles is 1. The van der Waals surface area contributed by atoms with Crippen LogP contribution in [0.25, 0.3) is 0 Å². The summed E-state index contributed by atoms with van der Waals surface area (Å²) in [5.41, 5.74) is 3.26. The molecule has 1 aromatic heterocycles. The van der Waals surface area contributed by atoms with E-state index in [0.29, 0.717) is 30.1 Å². The topological polar surface area (TPSA) is 157 Å². The molecule has 3 aromatic rings. The molecule has 186 valence electrons. The lowest BCUT2D eigenvalue weighted by Gasteiger charge is -2.28. The van der Waals surface area contributed by atoms with Gasteiger partial charge in [0.05, 0.1) is 15.7 Å². The number of ether oxygens (including phenoxy) is 1. The van der Waals surface area contributed by atoms with Crippen molar-refractivity contribution in [3.05, 3.63) is 75.9 Å². The number of halogens is 2. The van der Waals surface area contributed by atoms with E-state index in [0.717, 1.165) is 5.56 Å². The Morgan fingerprint density at radius 3 is 2.57 bits per heavy atom. The second kappa shape index (κ2) is 10.9. The minimum Gasteiger partial charge on any atom is -0.465 e. The molecule has 0 fully saturated rings. The standard InChI is InChI=1S/C24H16Cl2N6O5/c25-17-10-14(30-31-19(12-27)22(33)29-24(35)36)11-18(26)21(17)37-15-4-5-16-13(9-15)6-8-32(23(16)34)20-3-1-2-7-28-20/h1-5,7,9-11,30H,6,8H2,(H,29,33)(H,35,36). The fraction of sp³-hybridized carbons (Fsp3) is 0.0833. The Hall–Kier alpha value is -4.66. The van der Waals surface area contributed by atoms with Gasteiger partial charge in [0.2, 0.25) is 5.71 Å². The number of rotatable bonds is 6. The molecule has 0 bridgehead atoms. The van der Waals surface area contributed by atoms with Crippen LogP contribution in [0.2, 0.25) is 10.0 Å². The molecule has 0 aliphatic carbocycles. The van der Waals surface area contributed by atoms with Gasteiger partial charge in [-0.2, -0.15) is 10.4 Å². The molecule has 3 amide bonds. The minimum absolute atomic E-state index is 0.0915. The van der Waals surface area contributed by atoms with Crippen LogP contribution >= 0.6 is 23.2 Å². The van der Waals surface area contributed by atoms with Crippen molar-refractivity contribution < 1.29 is 24.2 Å².